The normalized spacial score (nSPS) is 14.3. The van der Waals surface area contributed by atoms with Gasteiger partial charge in [-0.3, -0.25) is 0 Å². The highest BCUT2D eigenvalue weighted by Gasteiger charge is 2.17. The quantitative estimate of drug-likeness (QED) is 0.478. The molecule has 0 heterocycles. The third-order valence-electron chi connectivity index (χ3n) is 1.39. The fraction of sp³-hybridized carbons (Fsp3) is 0.857. The second kappa shape index (κ2) is 4.00. The number of hydrogen-bond donors (Lipinski definition) is 0. The predicted molar refractivity (Wildman–Crippen MR) is 47.5 cm³/mol. The summed E-state index contributed by atoms with van der Waals surface area (Å²) in [5.74, 6) is 0.172. The van der Waals surface area contributed by atoms with Crippen LogP contribution in [0.15, 0.2) is 0 Å². The van der Waals surface area contributed by atoms with E-state index in [-0.39, 0.29) is 5.92 Å². The van der Waals surface area contributed by atoms with Crippen LogP contribution in [0, 0.1) is 17.2 Å². The zero-order valence-corrected chi connectivity index (χ0v) is 8.57. The molecule has 0 amide bonds. The molecule has 0 rings (SSSR count). The minimum atomic E-state index is -1.42. The molecule has 58 valence electrons. The first kappa shape index (κ1) is 10.00. The molecule has 0 aliphatic rings. The molecule has 0 aromatic heterocycles. The number of nitriles is 1. The van der Waals surface area contributed by atoms with E-state index < -0.39 is 7.38 Å². The van der Waals surface area contributed by atoms with Crippen LogP contribution in [0.1, 0.15) is 13.3 Å². The van der Waals surface area contributed by atoms with E-state index in [4.69, 9.17) is 16.3 Å². The summed E-state index contributed by atoms with van der Waals surface area (Å²) in [6, 6.07) is 3.25. The molecule has 0 aromatic rings. The van der Waals surface area contributed by atoms with Crippen LogP contribution in [0.25, 0.3) is 0 Å². The van der Waals surface area contributed by atoms with Crippen molar-refractivity contribution in [1.29, 1.82) is 5.26 Å². The average molecular weight is 176 g/mol. The van der Waals surface area contributed by atoms with Crippen molar-refractivity contribution in [3.8, 4) is 6.07 Å². The van der Waals surface area contributed by atoms with Crippen LogP contribution < -0.4 is 0 Å². The van der Waals surface area contributed by atoms with Gasteiger partial charge in [0.2, 0.25) is 0 Å². The number of halogens is 1. The van der Waals surface area contributed by atoms with Gasteiger partial charge >= 0.3 is 0 Å². The summed E-state index contributed by atoms with van der Waals surface area (Å²) in [5, 5.41) is 8.45. The molecule has 0 radical (unpaired) electrons. The molecule has 1 atom stereocenters. The first-order chi connectivity index (χ1) is 4.45. The minimum absolute atomic E-state index is 0.172. The van der Waals surface area contributed by atoms with Gasteiger partial charge in [0.25, 0.3) is 0 Å². The maximum Gasteiger partial charge on any atom is 0.150 e. The molecule has 1 unspecified atom stereocenters. The van der Waals surface area contributed by atoms with E-state index in [0.29, 0.717) is 0 Å². The first-order valence-corrected chi connectivity index (χ1v) is 7.76. The van der Waals surface area contributed by atoms with E-state index >= 15 is 0 Å². The second-order valence-electron chi connectivity index (χ2n) is 3.29. The van der Waals surface area contributed by atoms with Gasteiger partial charge in [0.1, 0.15) is 0 Å². The second-order valence-corrected chi connectivity index (χ2v) is 10.3. The van der Waals surface area contributed by atoms with Gasteiger partial charge in [-0.2, -0.15) is 16.3 Å². The summed E-state index contributed by atoms with van der Waals surface area (Å²) < 4.78 is 0. The molecule has 0 saturated heterocycles. The smallest absolute Gasteiger partial charge is 0.150 e. The van der Waals surface area contributed by atoms with Crippen molar-refractivity contribution in [2.75, 3.05) is 0 Å². The van der Waals surface area contributed by atoms with Gasteiger partial charge in [0.05, 0.1) is 6.07 Å². The molecule has 0 bridgehead atoms. The summed E-state index contributed by atoms with van der Waals surface area (Å²) in [6.07, 6.45) is 0.958. The maximum atomic E-state index is 8.45. The molecule has 0 aliphatic heterocycles. The van der Waals surface area contributed by atoms with Crippen LogP contribution in [0.5, 0.6) is 0 Å². The Morgan fingerprint density at radius 3 is 2.40 bits per heavy atom. The molecule has 1 nitrogen and oxygen atoms in total. The summed E-state index contributed by atoms with van der Waals surface area (Å²) in [5.41, 5.74) is 0. The van der Waals surface area contributed by atoms with Crippen LogP contribution >= 0.6 is 11.1 Å². The Hall–Kier alpha value is -0.00312. The van der Waals surface area contributed by atoms with Crippen molar-refractivity contribution in [3.05, 3.63) is 0 Å². The topological polar surface area (TPSA) is 23.8 Å². The van der Waals surface area contributed by atoms with Gasteiger partial charge < -0.3 is 0 Å². The zero-order chi connectivity index (χ0) is 8.20. The molecule has 0 aromatic carbocycles. The standard InChI is InChI=1S/C7H14ClNSi/c1-7(6-9)4-5-10(2,3)8/h7H,4-5H2,1-3H3. The van der Waals surface area contributed by atoms with Crippen molar-refractivity contribution in [3.63, 3.8) is 0 Å². The van der Waals surface area contributed by atoms with Crippen LogP contribution in [0.2, 0.25) is 19.1 Å². The first-order valence-electron chi connectivity index (χ1n) is 3.54. The van der Waals surface area contributed by atoms with E-state index in [1.807, 2.05) is 6.92 Å². The lowest BCUT2D eigenvalue weighted by atomic mass is 10.1. The average Bonchev–Trinajstić information content (AvgIpc) is 1.81. The third-order valence-corrected chi connectivity index (χ3v) is 3.44. The fourth-order valence-corrected chi connectivity index (χ4v) is 2.07. The van der Waals surface area contributed by atoms with Crippen molar-refractivity contribution in [2.45, 2.75) is 32.5 Å². The summed E-state index contributed by atoms with van der Waals surface area (Å²) in [6.45, 7) is 6.16. The van der Waals surface area contributed by atoms with Crippen LogP contribution in [-0.4, -0.2) is 7.38 Å². The number of hydrogen-bond acceptors (Lipinski definition) is 1. The molecule has 0 aliphatic carbocycles. The molecule has 0 spiro atoms. The van der Waals surface area contributed by atoms with Crippen LogP contribution in [0.4, 0.5) is 0 Å². The summed E-state index contributed by atoms with van der Waals surface area (Å²) in [7, 11) is -1.42. The zero-order valence-electron chi connectivity index (χ0n) is 6.82. The lowest BCUT2D eigenvalue weighted by Gasteiger charge is -2.12. The van der Waals surface area contributed by atoms with Gasteiger partial charge in [-0.15, -0.1) is 0 Å². The highest BCUT2D eigenvalue weighted by atomic mass is 35.6. The lowest BCUT2D eigenvalue weighted by molar-refractivity contribution is 0.707. The Balaban J connectivity index is 3.48. The Morgan fingerprint density at radius 1 is 1.60 bits per heavy atom. The monoisotopic (exact) mass is 175 g/mol. The van der Waals surface area contributed by atoms with Gasteiger partial charge in [-0.1, -0.05) is 13.1 Å². The van der Waals surface area contributed by atoms with Crippen molar-refractivity contribution in [2.24, 2.45) is 5.92 Å². The van der Waals surface area contributed by atoms with E-state index in [9.17, 15) is 0 Å². The fourth-order valence-electron chi connectivity index (χ4n) is 0.624. The summed E-state index contributed by atoms with van der Waals surface area (Å²) >= 11 is 6.06. The van der Waals surface area contributed by atoms with E-state index in [1.165, 1.54) is 0 Å². The highest BCUT2D eigenvalue weighted by molar-refractivity contribution is 7.19. The minimum Gasteiger partial charge on any atom is -0.198 e. The van der Waals surface area contributed by atoms with Crippen LogP contribution in [-0.2, 0) is 0 Å². The molecule has 0 fully saturated rings. The third kappa shape index (κ3) is 6.12. The summed E-state index contributed by atoms with van der Waals surface area (Å²) in [4.78, 5) is 0. The Labute approximate surface area is 68.7 Å². The van der Waals surface area contributed by atoms with Gasteiger partial charge in [-0.05, 0) is 19.4 Å². The highest BCUT2D eigenvalue weighted by Crippen LogP contribution is 2.19. The Kier molecular flexibility index (Phi) is 4.00. The lowest BCUT2D eigenvalue weighted by Crippen LogP contribution is -2.16. The number of nitrogens with zero attached hydrogens (tertiary/aromatic N) is 1. The van der Waals surface area contributed by atoms with Crippen molar-refractivity contribution >= 4 is 18.5 Å². The molecular weight excluding hydrogens is 162 g/mol. The van der Waals surface area contributed by atoms with Crippen molar-refractivity contribution < 1.29 is 0 Å². The maximum absolute atomic E-state index is 8.45. The SMILES string of the molecule is CC(C#N)CC[Si](C)(C)Cl. The van der Waals surface area contributed by atoms with Gasteiger partial charge in [0, 0.05) is 5.92 Å². The Bertz CT molecular complexity index is 134. The molecule has 0 saturated carbocycles. The van der Waals surface area contributed by atoms with E-state index in [2.05, 4.69) is 19.2 Å². The van der Waals surface area contributed by atoms with E-state index in [1.54, 1.807) is 0 Å². The molecule has 3 heteroatoms. The van der Waals surface area contributed by atoms with Crippen LogP contribution in [0.3, 0.4) is 0 Å². The molecular formula is C7H14ClNSi. The van der Waals surface area contributed by atoms with Gasteiger partial charge in [-0.25, -0.2) is 0 Å². The predicted octanol–water partition coefficient (Wildman–Crippen LogP) is 2.98. The van der Waals surface area contributed by atoms with Gasteiger partial charge in [0.15, 0.2) is 7.38 Å². The number of rotatable bonds is 3. The van der Waals surface area contributed by atoms with Crippen molar-refractivity contribution in [1.82, 2.24) is 0 Å². The molecule has 10 heavy (non-hydrogen) atoms. The Morgan fingerprint density at radius 2 is 2.10 bits per heavy atom. The van der Waals surface area contributed by atoms with E-state index in [0.717, 1.165) is 12.5 Å². The largest absolute Gasteiger partial charge is 0.198 e. The molecule has 0 N–H and O–H groups in total.